The number of aldehydes is 1. The summed E-state index contributed by atoms with van der Waals surface area (Å²) >= 11 is 5.54. The average Bonchev–Trinajstić information content (AvgIpc) is 2.03. The summed E-state index contributed by atoms with van der Waals surface area (Å²) in [5.74, 6) is 0. The van der Waals surface area contributed by atoms with E-state index in [1.807, 2.05) is 0 Å². The molecule has 0 saturated carbocycles. The van der Waals surface area contributed by atoms with Gasteiger partial charge in [0.05, 0.1) is 9.92 Å². The summed E-state index contributed by atoms with van der Waals surface area (Å²) in [5, 5.41) is 0.141. The van der Waals surface area contributed by atoms with Crippen LogP contribution in [0.15, 0.2) is 23.1 Å². The molecular formula is C7H6ClNaO4S. The first-order valence-corrected chi connectivity index (χ1v) is 4.99. The third-order valence-corrected chi connectivity index (χ3v) is 2.59. The number of hydrogen-bond donors (Lipinski definition) is 1. The van der Waals surface area contributed by atoms with Crippen molar-refractivity contribution < 1.29 is 17.8 Å². The minimum atomic E-state index is -4.27. The van der Waals surface area contributed by atoms with E-state index in [4.69, 9.17) is 16.2 Å². The molecule has 14 heavy (non-hydrogen) atoms. The molecule has 0 unspecified atom stereocenters. The van der Waals surface area contributed by atoms with Crippen LogP contribution >= 0.6 is 11.6 Å². The first-order chi connectivity index (χ1) is 5.95. The van der Waals surface area contributed by atoms with Gasteiger partial charge in [-0.05, 0) is 18.2 Å². The van der Waals surface area contributed by atoms with Gasteiger partial charge >= 0.3 is 29.6 Å². The van der Waals surface area contributed by atoms with E-state index in [9.17, 15) is 13.2 Å². The third kappa shape index (κ3) is 3.34. The minimum absolute atomic E-state index is 0. The molecule has 72 valence electrons. The van der Waals surface area contributed by atoms with Crippen LogP contribution in [0.2, 0.25) is 5.02 Å². The molecule has 0 bridgehead atoms. The molecule has 0 amide bonds. The number of benzene rings is 1. The van der Waals surface area contributed by atoms with Crippen molar-refractivity contribution in [2.24, 2.45) is 0 Å². The van der Waals surface area contributed by atoms with Crippen LogP contribution in [-0.2, 0) is 10.1 Å². The van der Waals surface area contributed by atoms with Gasteiger partial charge in [-0.15, -0.1) is 0 Å². The average molecular weight is 245 g/mol. The number of carbonyl (C=O) groups excluding carboxylic acids is 1. The summed E-state index contributed by atoms with van der Waals surface area (Å²) in [4.78, 5) is 10.00. The zero-order valence-electron chi connectivity index (χ0n) is 6.27. The maximum atomic E-state index is 10.6. The molecule has 1 N–H and O–H groups in total. The summed E-state index contributed by atoms with van der Waals surface area (Å²) in [6.07, 6.45) is 0.414. The normalized spacial score (nSPS) is 10.4. The molecular weight excluding hydrogens is 239 g/mol. The second kappa shape index (κ2) is 5.25. The quantitative estimate of drug-likeness (QED) is 0.473. The molecule has 0 radical (unpaired) electrons. The van der Waals surface area contributed by atoms with Gasteiger partial charge in [-0.25, -0.2) is 0 Å². The van der Waals surface area contributed by atoms with Gasteiger partial charge in [0.15, 0.2) is 6.29 Å². The van der Waals surface area contributed by atoms with Gasteiger partial charge < -0.3 is 0 Å². The summed E-state index contributed by atoms with van der Waals surface area (Å²) in [6, 6.07) is 3.35. The van der Waals surface area contributed by atoms with Gasteiger partial charge in [0, 0.05) is 5.56 Å². The predicted molar refractivity (Wildman–Crippen MR) is 53.8 cm³/mol. The fourth-order valence-electron chi connectivity index (χ4n) is 0.773. The van der Waals surface area contributed by atoms with E-state index in [1.165, 1.54) is 6.07 Å². The van der Waals surface area contributed by atoms with E-state index in [0.717, 1.165) is 12.1 Å². The Morgan fingerprint density at radius 2 is 1.93 bits per heavy atom. The number of rotatable bonds is 2. The van der Waals surface area contributed by atoms with E-state index in [1.54, 1.807) is 0 Å². The summed E-state index contributed by atoms with van der Waals surface area (Å²) in [5.41, 5.74) is 0.0248. The van der Waals surface area contributed by atoms with Gasteiger partial charge in [-0.3, -0.25) is 9.35 Å². The van der Waals surface area contributed by atoms with Crippen LogP contribution in [0, 0.1) is 0 Å². The number of carbonyl (C=O) groups is 1. The fraction of sp³-hybridized carbons (Fsp3) is 0. The molecule has 0 aliphatic carbocycles. The number of halogens is 1. The van der Waals surface area contributed by atoms with E-state index in [-0.39, 0.29) is 45.0 Å². The predicted octanol–water partition coefficient (Wildman–Crippen LogP) is 0.751. The fourth-order valence-corrected chi connectivity index (χ4v) is 1.45. The van der Waals surface area contributed by atoms with Gasteiger partial charge in [-0.2, -0.15) is 8.42 Å². The van der Waals surface area contributed by atoms with Gasteiger partial charge in [-0.1, -0.05) is 11.6 Å². The van der Waals surface area contributed by atoms with Crippen molar-refractivity contribution >= 4 is 57.6 Å². The first-order valence-electron chi connectivity index (χ1n) is 3.17. The Morgan fingerprint density at radius 1 is 1.36 bits per heavy atom. The van der Waals surface area contributed by atoms with E-state index in [0.29, 0.717) is 6.29 Å². The van der Waals surface area contributed by atoms with Crippen molar-refractivity contribution in [1.82, 2.24) is 0 Å². The second-order valence-corrected chi connectivity index (χ2v) is 4.10. The maximum absolute atomic E-state index is 10.6. The van der Waals surface area contributed by atoms with Crippen LogP contribution in [0.25, 0.3) is 0 Å². The topological polar surface area (TPSA) is 71.4 Å². The Bertz CT molecular complexity index is 443. The summed E-state index contributed by atoms with van der Waals surface area (Å²) < 4.78 is 29.8. The van der Waals surface area contributed by atoms with E-state index in [2.05, 4.69) is 0 Å². The van der Waals surface area contributed by atoms with E-state index < -0.39 is 10.1 Å². The van der Waals surface area contributed by atoms with Crippen LogP contribution in [0.4, 0.5) is 0 Å². The molecule has 0 aliphatic rings. The van der Waals surface area contributed by atoms with Crippen LogP contribution in [0.5, 0.6) is 0 Å². The van der Waals surface area contributed by atoms with Crippen molar-refractivity contribution in [1.29, 1.82) is 0 Å². The van der Waals surface area contributed by atoms with Gasteiger partial charge in [0.2, 0.25) is 0 Å². The van der Waals surface area contributed by atoms with Crippen LogP contribution in [0.3, 0.4) is 0 Å². The van der Waals surface area contributed by atoms with Crippen LogP contribution < -0.4 is 0 Å². The monoisotopic (exact) mass is 244 g/mol. The summed E-state index contributed by atoms with van der Waals surface area (Å²) in [7, 11) is -4.27. The Balaban J connectivity index is 0.00000169. The van der Waals surface area contributed by atoms with Gasteiger partial charge in [0.1, 0.15) is 0 Å². The molecule has 7 heteroatoms. The standard InChI is InChI=1S/C7H5ClO4S.Na.H/c8-7-2-1-6(13(10,11)12)3-5(7)4-9;;/h1-4H,(H,10,11,12);;. The Kier molecular flexibility index (Phi) is 5.28. The first kappa shape index (κ1) is 14.1. The molecule has 0 saturated heterocycles. The SMILES string of the molecule is O=Cc1cc(S(=O)(=O)O)ccc1Cl.[NaH]. The Hall–Kier alpha value is 0.0900. The molecule has 0 aromatic heterocycles. The summed E-state index contributed by atoms with van der Waals surface area (Å²) in [6.45, 7) is 0. The molecule has 1 aromatic carbocycles. The molecule has 0 spiro atoms. The second-order valence-electron chi connectivity index (χ2n) is 2.28. The van der Waals surface area contributed by atoms with Crippen molar-refractivity contribution in [3.63, 3.8) is 0 Å². The molecule has 0 atom stereocenters. The van der Waals surface area contributed by atoms with Crippen molar-refractivity contribution in [3.05, 3.63) is 28.8 Å². The van der Waals surface area contributed by atoms with E-state index >= 15 is 0 Å². The number of hydrogen-bond acceptors (Lipinski definition) is 3. The zero-order chi connectivity index (χ0) is 10.1. The zero-order valence-corrected chi connectivity index (χ0v) is 7.84. The molecule has 0 fully saturated rings. The van der Waals surface area contributed by atoms with Crippen LogP contribution in [-0.4, -0.2) is 48.8 Å². The van der Waals surface area contributed by atoms with Crippen molar-refractivity contribution in [3.8, 4) is 0 Å². The molecule has 4 nitrogen and oxygen atoms in total. The molecule has 1 aromatic rings. The van der Waals surface area contributed by atoms with Crippen LogP contribution in [0.1, 0.15) is 10.4 Å². The Morgan fingerprint density at radius 3 is 2.36 bits per heavy atom. The van der Waals surface area contributed by atoms with Crippen molar-refractivity contribution in [2.45, 2.75) is 4.90 Å². The molecule has 0 heterocycles. The molecule has 0 aliphatic heterocycles. The Labute approximate surface area is 108 Å². The van der Waals surface area contributed by atoms with Gasteiger partial charge in [0.25, 0.3) is 10.1 Å². The third-order valence-electron chi connectivity index (χ3n) is 1.39. The van der Waals surface area contributed by atoms with Crippen molar-refractivity contribution in [2.75, 3.05) is 0 Å². The molecule has 1 rings (SSSR count).